The standard InChI is InChI=1S/C24H32F2N2O3/c1-17(2)8-10-28(16-18-6-7-21(25)22(26)12-18)11-9-27-15-20-23(30-4)13-19(29-3)14-24(20)31-5/h6-8,12-14,27H,9-11,15-16H2,1-5H3. The summed E-state index contributed by atoms with van der Waals surface area (Å²) in [4.78, 5) is 2.18. The summed E-state index contributed by atoms with van der Waals surface area (Å²) in [7, 11) is 4.82. The van der Waals surface area contributed by atoms with Gasteiger partial charge in [-0.05, 0) is 31.5 Å². The molecule has 1 N–H and O–H groups in total. The molecule has 2 aromatic rings. The Morgan fingerprint density at radius 3 is 2.19 bits per heavy atom. The van der Waals surface area contributed by atoms with E-state index in [-0.39, 0.29) is 0 Å². The summed E-state index contributed by atoms with van der Waals surface area (Å²) in [6, 6.07) is 7.69. The highest BCUT2D eigenvalue weighted by Crippen LogP contribution is 2.33. The Bertz CT molecular complexity index is 858. The lowest BCUT2D eigenvalue weighted by Gasteiger charge is -2.22. The minimum absolute atomic E-state index is 0.526. The van der Waals surface area contributed by atoms with Crippen molar-refractivity contribution in [2.75, 3.05) is 41.0 Å². The van der Waals surface area contributed by atoms with Crippen LogP contribution in [-0.4, -0.2) is 45.9 Å². The third kappa shape index (κ3) is 7.52. The van der Waals surface area contributed by atoms with Crippen LogP contribution < -0.4 is 19.5 Å². The Morgan fingerprint density at radius 1 is 0.968 bits per heavy atom. The first-order chi connectivity index (χ1) is 14.9. The minimum atomic E-state index is -0.830. The van der Waals surface area contributed by atoms with Gasteiger partial charge in [0.05, 0.1) is 26.9 Å². The average Bonchev–Trinajstić information content (AvgIpc) is 2.76. The van der Waals surface area contributed by atoms with E-state index in [1.54, 1.807) is 27.4 Å². The van der Waals surface area contributed by atoms with Gasteiger partial charge in [-0.25, -0.2) is 8.78 Å². The van der Waals surface area contributed by atoms with E-state index in [1.807, 2.05) is 26.0 Å². The smallest absolute Gasteiger partial charge is 0.159 e. The molecule has 0 aliphatic rings. The molecular weight excluding hydrogens is 402 g/mol. The summed E-state index contributed by atoms with van der Waals surface area (Å²) in [6.07, 6.45) is 2.12. The van der Waals surface area contributed by atoms with Gasteiger partial charge in [0.15, 0.2) is 11.6 Å². The van der Waals surface area contributed by atoms with E-state index in [2.05, 4.69) is 16.3 Å². The molecule has 0 bridgehead atoms. The molecule has 31 heavy (non-hydrogen) atoms. The maximum atomic E-state index is 13.6. The van der Waals surface area contributed by atoms with Crippen molar-refractivity contribution in [2.24, 2.45) is 0 Å². The first-order valence-electron chi connectivity index (χ1n) is 10.2. The van der Waals surface area contributed by atoms with Crippen molar-refractivity contribution in [3.8, 4) is 17.2 Å². The number of nitrogens with zero attached hydrogens (tertiary/aromatic N) is 1. The monoisotopic (exact) mass is 434 g/mol. The van der Waals surface area contributed by atoms with Gasteiger partial charge in [0.25, 0.3) is 0 Å². The molecule has 0 saturated heterocycles. The molecule has 0 atom stereocenters. The summed E-state index contributed by atoms with van der Waals surface area (Å²) in [5, 5.41) is 3.42. The first kappa shape index (κ1) is 24.6. The Balaban J connectivity index is 2.02. The van der Waals surface area contributed by atoms with Crippen LogP contribution in [0.15, 0.2) is 42.0 Å². The van der Waals surface area contributed by atoms with Crippen molar-refractivity contribution in [3.05, 3.63) is 64.7 Å². The van der Waals surface area contributed by atoms with E-state index in [1.165, 1.54) is 17.7 Å². The van der Waals surface area contributed by atoms with Crippen LogP contribution in [0.1, 0.15) is 25.0 Å². The lowest BCUT2D eigenvalue weighted by atomic mass is 10.1. The van der Waals surface area contributed by atoms with Gasteiger partial charge < -0.3 is 19.5 Å². The van der Waals surface area contributed by atoms with Crippen molar-refractivity contribution < 1.29 is 23.0 Å². The fraction of sp³-hybridized carbons (Fsp3) is 0.417. The SMILES string of the molecule is COc1cc(OC)c(CNCCN(CC=C(C)C)Cc2ccc(F)c(F)c2)c(OC)c1. The van der Waals surface area contributed by atoms with Crippen molar-refractivity contribution in [1.29, 1.82) is 0 Å². The van der Waals surface area contributed by atoms with Crippen LogP contribution in [0.2, 0.25) is 0 Å². The van der Waals surface area contributed by atoms with Crippen molar-refractivity contribution in [1.82, 2.24) is 10.2 Å². The molecule has 170 valence electrons. The highest BCUT2D eigenvalue weighted by atomic mass is 19.2. The first-order valence-corrected chi connectivity index (χ1v) is 10.2. The predicted octanol–water partition coefficient (Wildman–Crippen LogP) is 4.55. The van der Waals surface area contributed by atoms with E-state index < -0.39 is 11.6 Å². The van der Waals surface area contributed by atoms with Crippen molar-refractivity contribution in [2.45, 2.75) is 26.9 Å². The molecule has 5 nitrogen and oxygen atoms in total. The van der Waals surface area contributed by atoms with E-state index in [4.69, 9.17) is 14.2 Å². The van der Waals surface area contributed by atoms with Crippen LogP contribution in [0, 0.1) is 11.6 Å². The molecule has 2 aromatic carbocycles. The van der Waals surface area contributed by atoms with Crippen LogP contribution >= 0.6 is 0 Å². The second-order valence-electron chi connectivity index (χ2n) is 7.45. The lowest BCUT2D eigenvalue weighted by Crippen LogP contribution is -2.32. The molecule has 0 fully saturated rings. The molecule has 0 amide bonds. The van der Waals surface area contributed by atoms with Crippen LogP contribution in [0.4, 0.5) is 8.78 Å². The number of rotatable bonds is 12. The van der Waals surface area contributed by atoms with Crippen LogP contribution in [-0.2, 0) is 13.1 Å². The largest absolute Gasteiger partial charge is 0.496 e. The van der Waals surface area contributed by atoms with Gasteiger partial charge in [-0.2, -0.15) is 0 Å². The Labute approximate surface area is 183 Å². The van der Waals surface area contributed by atoms with E-state index >= 15 is 0 Å². The second-order valence-corrected chi connectivity index (χ2v) is 7.45. The highest BCUT2D eigenvalue weighted by molar-refractivity contribution is 5.50. The highest BCUT2D eigenvalue weighted by Gasteiger charge is 2.13. The number of nitrogens with one attached hydrogen (secondary N) is 1. The Morgan fingerprint density at radius 2 is 1.65 bits per heavy atom. The molecule has 0 aliphatic carbocycles. The number of ether oxygens (including phenoxy) is 3. The van der Waals surface area contributed by atoms with Gasteiger partial charge >= 0.3 is 0 Å². The number of halogens is 2. The van der Waals surface area contributed by atoms with Crippen LogP contribution in [0.5, 0.6) is 17.2 Å². The summed E-state index contributed by atoms with van der Waals surface area (Å²) >= 11 is 0. The number of benzene rings is 2. The molecule has 0 saturated carbocycles. The Kier molecular flexibility index (Phi) is 9.75. The molecule has 0 radical (unpaired) electrons. The normalized spacial score (nSPS) is 10.8. The molecular formula is C24H32F2N2O3. The van der Waals surface area contributed by atoms with Crippen LogP contribution in [0.3, 0.4) is 0 Å². The minimum Gasteiger partial charge on any atom is -0.496 e. The third-order valence-electron chi connectivity index (χ3n) is 4.87. The van der Waals surface area contributed by atoms with E-state index in [0.717, 1.165) is 24.2 Å². The summed E-state index contributed by atoms with van der Waals surface area (Å²) in [6.45, 7) is 7.29. The van der Waals surface area contributed by atoms with Gasteiger partial charge in [-0.1, -0.05) is 17.7 Å². The van der Waals surface area contributed by atoms with Gasteiger partial charge in [0.2, 0.25) is 0 Å². The number of hydrogen-bond acceptors (Lipinski definition) is 5. The van der Waals surface area contributed by atoms with Crippen molar-refractivity contribution >= 4 is 0 Å². The van der Waals surface area contributed by atoms with Gasteiger partial charge in [-0.3, -0.25) is 4.90 Å². The predicted molar refractivity (Wildman–Crippen MR) is 119 cm³/mol. The maximum absolute atomic E-state index is 13.6. The van der Waals surface area contributed by atoms with E-state index in [0.29, 0.717) is 36.9 Å². The molecule has 2 rings (SSSR count). The fourth-order valence-electron chi connectivity index (χ4n) is 3.15. The average molecular weight is 435 g/mol. The molecule has 7 heteroatoms. The zero-order chi connectivity index (χ0) is 22.8. The molecule has 0 heterocycles. The summed E-state index contributed by atoms with van der Waals surface area (Å²) in [5.41, 5.74) is 2.85. The zero-order valence-corrected chi connectivity index (χ0v) is 18.9. The lowest BCUT2D eigenvalue weighted by molar-refractivity contribution is 0.290. The quantitative estimate of drug-likeness (QED) is 0.392. The number of methoxy groups -OCH3 is 3. The topological polar surface area (TPSA) is 43.0 Å². The third-order valence-corrected chi connectivity index (χ3v) is 4.87. The van der Waals surface area contributed by atoms with Gasteiger partial charge in [0.1, 0.15) is 17.2 Å². The Hall–Kier alpha value is -2.64. The summed E-state index contributed by atoms with van der Waals surface area (Å²) in [5.74, 6) is 0.385. The fourth-order valence-corrected chi connectivity index (χ4v) is 3.15. The molecule has 0 aromatic heterocycles. The van der Waals surface area contributed by atoms with E-state index in [9.17, 15) is 8.78 Å². The number of allylic oxidation sites excluding steroid dienone is 1. The summed E-state index contributed by atoms with van der Waals surface area (Å²) < 4.78 is 43.1. The maximum Gasteiger partial charge on any atom is 0.159 e. The second kappa shape index (κ2) is 12.3. The van der Waals surface area contributed by atoms with Crippen LogP contribution in [0.25, 0.3) is 0 Å². The molecule has 0 unspecified atom stereocenters. The van der Waals surface area contributed by atoms with Gasteiger partial charge in [-0.15, -0.1) is 0 Å². The molecule has 0 aliphatic heterocycles. The van der Waals surface area contributed by atoms with Crippen molar-refractivity contribution in [3.63, 3.8) is 0 Å². The zero-order valence-electron chi connectivity index (χ0n) is 18.9. The molecule has 0 spiro atoms. The van der Waals surface area contributed by atoms with Gasteiger partial charge in [0, 0.05) is 44.9 Å². The number of hydrogen-bond donors (Lipinski definition) is 1.